The average molecular weight is 536 g/mol. The summed E-state index contributed by atoms with van der Waals surface area (Å²) in [6, 6.07) is 47.1. The molecule has 0 spiro atoms. The van der Waals surface area contributed by atoms with E-state index in [9.17, 15) is 0 Å². The maximum atomic E-state index is 2.48. The van der Waals surface area contributed by atoms with Gasteiger partial charge in [0, 0.05) is 22.4 Å². The molecule has 9 rings (SSSR count). The zero-order valence-electron chi connectivity index (χ0n) is 23.5. The van der Waals surface area contributed by atoms with Crippen LogP contribution in [-0.4, -0.2) is 4.57 Å². The van der Waals surface area contributed by atoms with Crippen LogP contribution in [0.5, 0.6) is 0 Å². The zero-order valence-corrected chi connectivity index (χ0v) is 23.5. The Morgan fingerprint density at radius 1 is 0.548 bits per heavy atom. The van der Waals surface area contributed by atoms with Gasteiger partial charge in [-0.15, -0.1) is 0 Å². The Hall–Kier alpha value is -5.14. The molecule has 42 heavy (non-hydrogen) atoms. The van der Waals surface area contributed by atoms with Gasteiger partial charge in [0.15, 0.2) is 0 Å². The molecule has 1 aromatic heterocycles. The Bertz CT molecular complexity index is 2310. The third-order valence-corrected chi connectivity index (χ3v) is 9.44. The van der Waals surface area contributed by atoms with Crippen LogP contribution in [0.15, 0.2) is 146 Å². The number of nitrogens with zero attached hydrogens (tertiary/aromatic N) is 1. The summed E-state index contributed by atoms with van der Waals surface area (Å²) in [7, 11) is 0. The fraction of sp³-hybridized carbons (Fsp3) is 0.0732. The molecule has 198 valence electrons. The van der Waals surface area contributed by atoms with Gasteiger partial charge in [0.1, 0.15) is 0 Å². The lowest BCUT2D eigenvalue weighted by molar-refractivity contribution is 0.635. The van der Waals surface area contributed by atoms with Gasteiger partial charge in [0.2, 0.25) is 0 Å². The molecule has 2 atom stereocenters. The average Bonchev–Trinajstić information content (AvgIpc) is 3.38. The summed E-state index contributed by atoms with van der Waals surface area (Å²) in [5, 5.41) is 10.6. The molecule has 1 heterocycles. The lowest BCUT2D eigenvalue weighted by Gasteiger charge is -2.25. The van der Waals surface area contributed by atoms with Gasteiger partial charge >= 0.3 is 0 Å². The van der Waals surface area contributed by atoms with E-state index in [4.69, 9.17) is 0 Å². The maximum absolute atomic E-state index is 2.48. The van der Waals surface area contributed by atoms with Gasteiger partial charge in [-0.2, -0.15) is 0 Å². The standard InChI is InChI=1S/C41H29N/c1-26-16-21-32(42-38-14-4-2-12-34(38)35-13-3-5-15-39(35)42)25-37(26)31-11-7-10-30(24-31)33-22-19-29-18-17-27-8-6-9-28-20-23-36(33)41(29)40(27)28/h2-26,37H,1H3. The molecule has 0 amide bonds. The maximum Gasteiger partial charge on any atom is 0.0540 e. The summed E-state index contributed by atoms with van der Waals surface area (Å²) in [5.74, 6) is 0.683. The molecule has 2 unspecified atom stereocenters. The van der Waals surface area contributed by atoms with Crippen LogP contribution in [0, 0.1) is 5.92 Å². The fourth-order valence-corrected chi connectivity index (χ4v) is 7.41. The van der Waals surface area contributed by atoms with E-state index in [0.717, 1.165) is 0 Å². The lowest BCUT2D eigenvalue weighted by Crippen LogP contribution is -2.11. The predicted molar refractivity (Wildman–Crippen MR) is 180 cm³/mol. The van der Waals surface area contributed by atoms with Crippen molar-refractivity contribution in [2.75, 3.05) is 0 Å². The summed E-state index contributed by atoms with van der Waals surface area (Å²) >= 11 is 0. The first-order valence-electron chi connectivity index (χ1n) is 14.9. The number of rotatable bonds is 3. The Morgan fingerprint density at radius 2 is 1.19 bits per heavy atom. The predicted octanol–water partition coefficient (Wildman–Crippen LogP) is 11.2. The quantitative estimate of drug-likeness (QED) is 0.198. The molecule has 1 aliphatic carbocycles. The van der Waals surface area contributed by atoms with Crippen LogP contribution in [0.1, 0.15) is 18.4 Å². The molecule has 0 saturated carbocycles. The van der Waals surface area contributed by atoms with Crippen LogP contribution in [0.2, 0.25) is 0 Å². The molecule has 0 saturated heterocycles. The Morgan fingerprint density at radius 3 is 1.95 bits per heavy atom. The lowest BCUT2D eigenvalue weighted by atomic mass is 9.82. The highest BCUT2D eigenvalue weighted by molar-refractivity contribution is 6.25. The van der Waals surface area contributed by atoms with Gasteiger partial charge in [0.05, 0.1) is 11.0 Å². The summed E-state index contributed by atoms with van der Waals surface area (Å²) in [5.41, 5.74) is 7.68. The van der Waals surface area contributed by atoms with Crippen molar-refractivity contribution >= 4 is 59.8 Å². The molecule has 0 N–H and O–H groups in total. The molecule has 1 aliphatic rings. The van der Waals surface area contributed by atoms with Gasteiger partial charge in [0.25, 0.3) is 0 Å². The number of hydrogen-bond acceptors (Lipinski definition) is 0. The number of hydrogen-bond donors (Lipinski definition) is 0. The Kier molecular flexibility index (Phi) is 5.01. The summed E-state index contributed by atoms with van der Waals surface area (Å²) < 4.78 is 2.44. The number of fused-ring (bicyclic) bond motifs is 3. The van der Waals surface area contributed by atoms with Crippen molar-refractivity contribution in [1.29, 1.82) is 0 Å². The third-order valence-electron chi connectivity index (χ3n) is 9.44. The molecular formula is C41H29N. The van der Waals surface area contributed by atoms with Gasteiger partial charge < -0.3 is 4.57 Å². The van der Waals surface area contributed by atoms with Crippen molar-refractivity contribution < 1.29 is 0 Å². The van der Waals surface area contributed by atoms with Crippen LogP contribution in [0.25, 0.3) is 70.9 Å². The van der Waals surface area contributed by atoms with Crippen molar-refractivity contribution in [1.82, 2.24) is 4.57 Å². The summed E-state index contributed by atoms with van der Waals surface area (Å²) in [6.07, 6.45) is 7.17. The Balaban J connectivity index is 1.20. The monoisotopic (exact) mass is 535 g/mol. The highest BCUT2D eigenvalue weighted by Gasteiger charge is 2.22. The molecule has 0 bridgehead atoms. The highest BCUT2D eigenvalue weighted by atomic mass is 15.0. The number of allylic oxidation sites excluding steroid dienone is 4. The van der Waals surface area contributed by atoms with Crippen LogP contribution >= 0.6 is 0 Å². The smallest absolute Gasteiger partial charge is 0.0540 e. The first-order chi connectivity index (χ1) is 20.7. The van der Waals surface area contributed by atoms with E-state index in [2.05, 4.69) is 157 Å². The van der Waals surface area contributed by atoms with Crippen molar-refractivity contribution in [3.05, 3.63) is 151 Å². The van der Waals surface area contributed by atoms with E-state index in [0.29, 0.717) is 5.92 Å². The minimum absolute atomic E-state index is 0.282. The second kappa shape index (κ2) is 8.93. The number of aromatic nitrogens is 1. The normalized spacial score (nSPS) is 17.2. The van der Waals surface area contributed by atoms with Crippen LogP contribution in [0.3, 0.4) is 0 Å². The fourth-order valence-electron chi connectivity index (χ4n) is 7.41. The SMILES string of the molecule is CC1C=CC(n2c3ccccc3c3ccccc32)=CC1c1cccc(-c2ccc3ccc4cccc5ccc2c3c45)c1. The van der Waals surface area contributed by atoms with E-state index in [1.165, 1.54) is 76.5 Å². The largest absolute Gasteiger partial charge is 0.310 e. The topological polar surface area (TPSA) is 4.93 Å². The molecule has 1 heteroatoms. The molecule has 0 fully saturated rings. The van der Waals surface area contributed by atoms with Gasteiger partial charge in [-0.3, -0.25) is 0 Å². The molecule has 1 nitrogen and oxygen atoms in total. The second-order valence-electron chi connectivity index (χ2n) is 11.8. The van der Waals surface area contributed by atoms with Crippen molar-refractivity contribution in [3.8, 4) is 11.1 Å². The van der Waals surface area contributed by atoms with E-state index in [-0.39, 0.29) is 5.92 Å². The molecule has 0 radical (unpaired) electrons. The van der Waals surface area contributed by atoms with E-state index in [1.54, 1.807) is 0 Å². The van der Waals surface area contributed by atoms with Gasteiger partial charge in [-0.1, -0.05) is 134 Å². The third kappa shape index (κ3) is 3.37. The van der Waals surface area contributed by atoms with E-state index in [1.807, 2.05) is 0 Å². The zero-order chi connectivity index (χ0) is 27.8. The minimum atomic E-state index is 0.282. The van der Waals surface area contributed by atoms with E-state index >= 15 is 0 Å². The number of benzene rings is 7. The Labute approximate surface area is 245 Å². The number of para-hydroxylation sites is 2. The molecule has 8 aromatic rings. The summed E-state index contributed by atoms with van der Waals surface area (Å²) in [4.78, 5) is 0. The van der Waals surface area contributed by atoms with Crippen molar-refractivity contribution in [2.45, 2.75) is 12.8 Å². The van der Waals surface area contributed by atoms with Crippen molar-refractivity contribution in [2.24, 2.45) is 5.92 Å². The second-order valence-corrected chi connectivity index (χ2v) is 11.8. The molecule has 7 aromatic carbocycles. The molecular weight excluding hydrogens is 506 g/mol. The summed E-state index contributed by atoms with van der Waals surface area (Å²) in [6.45, 7) is 2.34. The van der Waals surface area contributed by atoms with Gasteiger partial charge in [-0.25, -0.2) is 0 Å². The molecule has 0 aliphatic heterocycles. The van der Waals surface area contributed by atoms with Gasteiger partial charge in [-0.05, 0) is 73.1 Å². The first kappa shape index (κ1) is 23.6. The first-order valence-corrected chi connectivity index (χ1v) is 14.9. The van der Waals surface area contributed by atoms with Crippen LogP contribution in [-0.2, 0) is 0 Å². The van der Waals surface area contributed by atoms with Crippen LogP contribution in [0.4, 0.5) is 0 Å². The van der Waals surface area contributed by atoms with Crippen molar-refractivity contribution in [3.63, 3.8) is 0 Å². The van der Waals surface area contributed by atoms with Crippen LogP contribution < -0.4 is 0 Å². The minimum Gasteiger partial charge on any atom is -0.310 e. The van der Waals surface area contributed by atoms with E-state index < -0.39 is 0 Å². The highest BCUT2D eigenvalue weighted by Crippen LogP contribution is 2.42.